The number of carbonyl (C=O) groups is 2. The zero-order chi connectivity index (χ0) is 11.4. The molecule has 0 aromatic heterocycles. The first kappa shape index (κ1) is 12.0. The lowest BCUT2D eigenvalue weighted by atomic mass is 10.3. The summed E-state index contributed by atoms with van der Waals surface area (Å²) in [6.45, 7) is 2.54. The van der Waals surface area contributed by atoms with Crippen LogP contribution in [0.2, 0.25) is 0 Å². The molecule has 0 radical (unpaired) electrons. The van der Waals surface area contributed by atoms with Crippen molar-refractivity contribution in [1.29, 1.82) is 0 Å². The average Bonchev–Trinajstić information content (AvgIpc) is 2.95. The first-order valence-electron chi connectivity index (χ1n) is 5.21. The Labute approximate surface area is 89.4 Å². The molecule has 0 saturated heterocycles. The summed E-state index contributed by atoms with van der Waals surface area (Å²) >= 11 is 0. The van der Waals surface area contributed by atoms with Crippen LogP contribution in [0, 0.1) is 0 Å². The van der Waals surface area contributed by atoms with Crippen LogP contribution in [-0.4, -0.2) is 47.6 Å². The molecule has 0 aromatic carbocycles. The molecular weight excluding hydrogens is 196 g/mol. The maximum atomic E-state index is 11.1. The Bertz CT molecular complexity index is 251. The SMILES string of the molecule is CC(CNC(=O)CC(=O)O)N(C)C1CC1. The zero-order valence-electron chi connectivity index (χ0n) is 9.19. The standard InChI is InChI=1S/C10H18N2O3/c1-7(12(2)8-3-4-8)6-11-9(13)5-10(14)15/h7-8H,3-6H2,1-2H3,(H,11,13)(H,14,15). The molecule has 0 heterocycles. The van der Waals surface area contributed by atoms with Crippen molar-refractivity contribution < 1.29 is 14.7 Å². The van der Waals surface area contributed by atoms with Crippen molar-refractivity contribution >= 4 is 11.9 Å². The van der Waals surface area contributed by atoms with E-state index in [9.17, 15) is 9.59 Å². The predicted molar refractivity (Wildman–Crippen MR) is 55.5 cm³/mol. The first-order valence-corrected chi connectivity index (χ1v) is 5.21. The molecule has 0 aliphatic heterocycles. The third kappa shape index (κ3) is 4.29. The van der Waals surface area contributed by atoms with Gasteiger partial charge in [0.2, 0.25) is 5.91 Å². The van der Waals surface area contributed by atoms with Gasteiger partial charge in [-0.2, -0.15) is 0 Å². The minimum atomic E-state index is -1.09. The van der Waals surface area contributed by atoms with Crippen molar-refractivity contribution in [2.75, 3.05) is 13.6 Å². The molecule has 2 N–H and O–H groups in total. The average molecular weight is 214 g/mol. The maximum Gasteiger partial charge on any atom is 0.312 e. The fourth-order valence-electron chi connectivity index (χ4n) is 1.45. The molecule has 0 spiro atoms. The lowest BCUT2D eigenvalue weighted by Crippen LogP contribution is -2.41. The third-order valence-corrected chi connectivity index (χ3v) is 2.72. The topological polar surface area (TPSA) is 69.6 Å². The van der Waals surface area contributed by atoms with Crippen LogP contribution in [0.15, 0.2) is 0 Å². The number of hydrogen-bond donors (Lipinski definition) is 2. The molecule has 86 valence electrons. The van der Waals surface area contributed by atoms with Crippen molar-refractivity contribution in [3.05, 3.63) is 0 Å². The minimum absolute atomic E-state index is 0.259. The van der Waals surface area contributed by atoms with Gasteiger partial charge in [-0.05, 0) is 26.8 Å². The van der Waals surface area contributed by atoms with Crippen molar-refractivity contribution in [2.24, 2.45) is 0 Å². The predicted octanol–water partition coefficient (Wildman–Crippen LogP) is 0.0600. The molecule has 1 fully saturated rings. The highest BCUT2D eigenvalue weighted by Gasteiger charge is 2.29. The van der Waals surface area contributed by atoms with Crippen LogP contribution in [-0.2, 0) is 9.59 Å². The highest BCUT2D eigenvalue weighted by atomic mass is 16.4. The largest absolute Gasteiger partial charge is 0.481 e. The molecule has 1 rings (SSSR count). The van der Waals surface area contributed by atoms with Crippen molar-refractivity contribution in [1.82, 2.24) is 10.2 Å². The molecule has 1 unspecified atom stereocenters. The summed E-state index contributed by atoms with van der Waals surface area (Å²) in [7, 11) is 2.03. The van der Waals surface area contributed by atoms with Crippen LogP contribution in [0.5, 0.6) is 0 Å². The molecule has 1 amide bonds. The Morgan fingerprint density at radius 1 is 1.53 bits per heavy atom. The van der Waals surface area contributed by atoms with Crippen LogP contribution < -0.4 is 5.32 Å². The molecule has 0 bridgehead atoms. The highest BCUT2D eigenvalue weighted by Crippen LogP contribution is 2.26. The van der Waals surface area contributed by atoms with Crippen LogP contribution in [0.1, 0.15) is 26.2 Å². The zero-order valence-corrected chi connectivity index (χ0v) is 9.19. The van der Waals surface area contributed by atoms with Gasteiger partial charge in [-0.3, -0.25) is 14.5 Å². The van der Waals surface area contributed by atoms with E-state index < -0.39 is 18.3 Å². The number of aliphatic carboxylic acids is 1. The van der Waals surface area contributed by atoms with Crippen molar-refractivity contribution in [3.63, 3.8) is 0 Å². The van der Waals surface area contributed by atoms with Gasteiger partial charge >= 0.3 is 5.97 Å². The number of nitrogens with one attached hydrogen (secondary N) is 1. The molecule has 1 aliphatic carbocycles. The van der Waals surface area contributed by atoms with Gasteiger partial charge < -0.3 is 10.4 Å². The summed E-state index contributed by atoms with van der Waals surface area (Å²) in [5, 5.41) is 11.0. The van der Waals surface area contributed by atoms with E-state index in [1.54, 1.807) is 0 Å². The van der Waals surface area contributed by atoms with Gasteiger partial charge in [-0.25, -0.2) is 0 Å². The first-order chi connectivity index (χ1) is 7.00. The normalized spacial score (nSPS) is 17.5. The molecule has 5 heteroatoms. The van der Waals surface area contributed by atoms with E-state index in [0.29, 0.717) is 12.6 Å². The van der Waals surface area contributed by atoms with Gasteiger partial charge in [0.25, 0.3) is 0 Å². The summed E-state index contributed by atoms with van der Waals surface area (Å²) in [5.74, 6) is -1.51. The molecule has 0 aromatic rings. The summed E-state index contributed by atoms with van der Waals surface area (Å²) in [5.41, 5.74) is 0. The summed E-state index contributed by atoms with van der Waals surface area (Å²) in [6.07, 6.45) is 2.01. The van der Waals surface area contributed by atoms with Crippen LogP contribution in [0.3, 0.4) is 0 Å². The molecule has 1 saturated carbocycles. The van der Waals surface area contributed by atoms with Gasteiger partial charge in [-0.15, -0.1) is 0 Å². The van der Waals surface area contributed by atoms with Gasteiger partial charge in [0.1, 0.15) is 6.42 Å². The van der Waals surface area contributed by atoms with Gasteiger partial charge in [0.15, 0.2) is 0 Å². The van der Waals surface area contributed by atoms with E-state index in [-0.39, 0.29) is 6.04 Å². The molecule has 1 aliphatic rings. The fraction of sp³-hybridized carbons (Fsp3) is 0.800. The number of amides is 1. The lowest BCUT2D eigenvalue weighted by Gasteiger charge is -2.24. The van der Waals surface area contributed by atoms with Crippen LogP contribution >= 0.6 is 0 Å². The quantitative estimate of drug-likeness (QED) is 0.613. The van der Waals surface area contributed by atoms with Crippen molar-refractivity contribution in [3.8, 4) is 0 Å². The number of rotatable bonds is 6. The van der Waals surface area contributed by atoms with E-state index in [0.717, 1.165) is 0 Å². The third-order valence-electron chi connectivity index (χ3n) is 2.72. The number of carboxylic acid groups (broad SMARTS) is 1. The second-order valence-electron chi connectivity index (χ2n) is 4.12. The molecule has 5 nitrogen and oxygen atoms in total. The molecular formula is C10H18N2O3. The van der Waals surface area contributed by atoms with Crippen LogP contribution in [0.4, 0.5) is 0 Å². The molecule has 1 atom stereocenters. The summed E-state index contributed by atoms with van der Waals surface area (Å²) in [4.78, 5) is 23.5. The number of hydrogen-bond acceptors (Lipinski definition) is 3. The Hall–Kier alpha value is -1.10. The maximum absolute atomic E-state index is 11.1. The monoisotopic (exact) mass is 214 g/mol. The van der Waals surface area contributed by atoms with Crippen LogP contribution in [0.25, 0.3) is 0 Å². The highest BCUT2D eigenvalue weighted by molar-refractivity contribution is 5.93. The van der Waals surface area contributed by atoms with Gasteiger partial charge in [0, 0.05) is 18.6 Å². The Balaban J connectivity index is 2.17. The van der Waals surface area contributed by atoms with E-state index in [1.165, 1.54) is 12.8 Å². The molecule has 15 heavy (non-hydrogen) atoms. The summed E-state index contributed by atoms with van der Waals surface area (Å²) in [6, 6.07) is 0.909. The Morgan fingerprint density at radius 3 is 2.60 bits per heavy atom. The van der Waals surface area contributed by atoms with E-state index in [2.05, 4.69) is 10.2 Å². The number of nitrogens with zero attached hydrogens (tertiary/aromatic N) is 1. The van der Waals surface area contributed by atoms with E-state index >= 15 is 0 Å². The fourth-order valence-corrected chi connectivity index (χ4v) is 1.45. The smallest absolute Gasteiger partial charge is 0.312 e. The number of likely N-dealkylation sites (N-methyl/N-ethyl adjacent to an activating group) is 1. The number of carbonyl (C=O) groups excluding carboxylic acids is 1. The number of carboxylic acids is 1. The minimum Gasteiger partial charge on any atom is -0.481 e. The second-order valence-corrected chi connectivity index (χ2v) is 4.12. The van der Waals surface area contributed by atoms with Gasteiger partial charge in [0.05, 0.1) is 0 Å². The second kappa shape index (κ2) is 5.11. The van der Waals surface area contributed by atoms with E-state index in [1.807, 2.05) is 14.0 Å². The van der Waals surface area contributed by atoms with Crippen molar-refractivity contribution in [2.45, 2.75) is 38.3 Å². The summed E-state index contributed by atoms with van der Waals surface area (Å²) < 4.78 is 0. The van der Waals surface area contributed by atoms with E-state index in [4.69, 9.17) is 5.11 Å². The Morgan fingerprint density at radius 2 is 2.13 bits per heavy atom. The lowest BCUT2D eigenvalue weighted by molar-refractivity contribution is -0.140. The Kier molecular flexibility index (Phi) is 4.08. The van der Waals surface area contributed by atoms with Gasteiger partial charge in [-0.1, -0.05) is 0 Å².